The molecule has 1 fully saturated rings. The van der Waals surface area contributed by atoms with E-state index in [1.807, 2.05) is 49.3 Å². The van der Waals surface area contributed by atoms with Gasteiger partial charge in [0.25, 0.3) is 0 Å². The van der Waals surface area contributed by atoms with E-state index in [1.54, 1.807) is 0 Å². The summed E-state index contributed by atoms with van der Waals surface area (Å²) < 4.78 is 5.10. The Balaban J connectivity index is 1.45. The molecule has 0 spiro atoms. The second kappa shape index (κ2) is 10.6. The predicted octanol–water partition coefficient (Wildman–Crippen LogP) is 6.33. The Hall–Kier alpha value is -3.86. The van der Waals surface area contributed by atoms with Gasteiger partial charge in [0.15, 0.2) is 0 Å². The van der Waals surface area contributed by atoms with E-state index in [0.29, 0.717) is 18.5 Å². The number of rotatable bonds is 5. The number of carbonyl (C=O) groups is 2. The molecule has 5 rings (SSSR count). The summed E-state index contributed by atoms with van der Waals surface area (Å²) in [4.78, 5) is 30.5. The lowest BCUT2D eigenvalue weighted by Crippen LogP contribution is -2.39. The summed E-state index contributed by atoms with van der Waals surface area (Å²) in [6.45, 7) is 0.511. The van der Waals surface area contributed by atoms with Crippen LogP contribution in [-0.2, 0) is 20.9 Å². The molecule has 1 amide bonds. The molecular formula is C32H34N2O3. The third-order valence-corrected chi connectivity index (χ3v) is 7.67. The Bertz CT molecular complexity index is 1310. The van der Waals surface area contributed by atoms with Gasteiger partial charge in [-0.3, -0.25) is 4.79 Å². The standard InChI is InChI=1S/C32H34N2O3/c1-33(2)28-16-14-25(15-17-28)24-12-10-22(11-13-24)21-34-29-9-4-6-23(18-29)19-30(32(36)37-3)26-7-5-8-27(20-26)31(34)35/h4,6,9-19,26-27H,5,7-8,20-21H2,1-3H3/b30-19+. The Morgan fingerprint density at radius 1 is 0.946 bits per heavy atom. The van der Waals surface area contributed by atoms with Gasteiger partial charge in [0.1, 0.15) is 0 Å². The average Bonchev–Trinajstić information content (AvgIpc) is 2.94. The molecule has 1 aliphatic heterocycles. The fourth-order valence-electron chi connectivity index (χ4n) is 5.57. The lowest BCUT2D eigenvalue weighted by molar-refractivity contribution is -0.137. The molecule has 0 aromatic heterocycles. The summed E-state index contributed by atoms with van der Waals surface area (Å²) >= 11 is 0. The number of amides is 1. The molecule has 2 aliphatic rings. The van der Waals surface area contributed by atoms with Gasteiger partial charge >= 0.3 is 5.97 Å². The monoisotopic (exact) mass is 494 g/mol. The van der Waals surface area contributed by atoms with E-state index < -0.39 is 0 Å². The third kappa shape index (κ3) is 5.31. The van der Waals surface area contributed by atoms with Gasteiger partial charge in [-0.15, -0.1) is 0 Å². The first-order chi connectivity index (χ1) is 17.9. The molecule has 37 heavy (non-hydrogen) atoms. The van der Waals surface area contributed by atoms with Gasteiger partial charge in [-0.1, -0.05) is 55.0 Å². The zero-order valence-corrected chi connectivity index (χ0v) is 21.8. The van der Waals surface area contributed by atoms with Gasteiger partial charge in [0, 0.05) is 37.0 Å². The van der Waals surface area contributed by atoms with Crippen LogP contribution in [0.3, 0.4) is 0 Å². The Morgan fingerprint density at radius 3 is 2.30 bits per heavy atom. The van der Waals surface area contributed by atoms with Crippen LogP contribution < -0.4 is 9.80 Å². The number of hydrogen-bond donors (Lipinski definition) is 0. The maximum absolute atomic E-state index is 13.9. The number of benzene rings is 3. The molecule has 2 atom stereocenters. The van der Waals surface area contributed by atoms with Crippen molar-refractivity contribution in [3.05, 3.63) is 89.5 Å². The minimum Gasteiger partial charge on any atom is -0.466 e. The fraction of sp³-hybridized carbons (Fsp3) is 0.312. The number of carbonyl (C=O) groups excluding carboxylic acids is 2. The second-order valence-corrected chi connectivity index (χ2v) is 10.3. The van der Waals surface area contributed by atoms with Crippen LogP contribution in [0.2, 0.25) is 0 Å². The van der Waals surface area contributed by atoms with Crippen LogP contribution in [0.4, 0.5) is 11.4 Å². The normalized spacial score (nSPS) is 20.6. The number of nitrogens with zero attached hydrogens (tertiary/aromatic N) is 2. The van der Waals surface area contributed by atoms with Crippen molar-refractivity contribution in [2.75, 3.05) is 31.0 Å². The van der Waals surface area contributed by atoms with Crippen molar-refractivity contribution in [2.45, 2.75) is 32.2 Å². The maximum Gasteiger partial charge on any atom is 0.334 e. The van der Waals surface area contributed by atoms with E-state index in [2.05, 4.69) is 53.4 Å². The van der Waals surface area contributed by atoms with Gasteiger partial charge < -0.3 is 14.5 Å². The van der Waals surface area contributed by atoms with E-state index >= 15 is 0 Å². The summed E-state index contributed by atoms with van der Waals surface area (Å²) in [6, 6.07) is 24.9. The zero-order valence-electron chi connectivity index (χ0n) is 21.8. The van der Waals surface area contributed by atoms with E-state index in [4.69, 9.17) is 4.74 Å². The van der Waals surface area contributed by atoms with Gasteiger partial charge in [-0.25, -0.2) is 4.79 Å². The molecule has 1 heterocycles. The number of hydrogen-bond acceptors (Lipinski definition) is 4. The van der Waals surface area contributed by atoms with E-state index in [0.717, 1.165) is 41.6 Å². The number of anilines is 2. The molecule has 1 saturated carbocycles. The maximum atomic E-state index is 13.9. The first-order valence-corrected chi connectivity index (χ1v) is 13.0. The predicted molar refractivity (Wildman–Crippen MR) is 149 cm³/mol. The molecule has 3 aromatic rings. The quantitative estimate of drug-likeness (QED) is 0.389. The molecule has 190 valence electrons. The number of fused-ring (bicyclic) bond motifs is 4. The lowest BCUT2D eigenvalue weighted by atomic mass is 9.76. The highest BCUT2D eigenvalue weighted by atomic mass is 16.5. The van der Waals surface area contributed by atoms with Crippen molar-refractivity contribution in [1.29, 1.82) is 0 Å². The second-order valence-electron chi connectivity index (χ2n) is 10.3. The molecular weight excluding hydrogens is 460 g/mol. The minimum absolute atomic E-state index is 0.0388. The highest BCUT2D eigenvalue weighted by Crippen LogP contribution is 2.38. The van der Waals surface area contributed by atoms with E-state index in [-0.39, 0.29) is 23.7 Å². The van der Waals surface area contributed by atoms with E-state index in [1.165, 1.54) is 18.4 Å². The van der Waals surface area contributed by atoms with Gasteiger partial charge in [0.2, 0.25) is 5.91 Å². The molecule has 5 nitrogen and oxygen atoms in total. The van der Waals surface area contributed by atoms with Crippen LogP contribution in [0.25, 0.3) is 17.2 Å². The summed E-state index contributed by atoms with van der Waals surface area (Å²) in [7, 11) is 5.50. The molecule has 0 saturated heterocycles. The molecule has 5 heteroatoms. The number of methoxy groups -OCH3 is 1. The van der Waals surface area contributed by atoms with Crippen LogP contribution in [-0.4, -0.2) is 33.1 Å². The number of ether oxygens (including phenoxy) is 1. The van der Waals surface area contributed by atoms with Crippen molar-refractivity contribution < 1.29 is 14.3 Å². The van der Waals surface area contributed by atoms with Crippen LogP contribution in [0.1, 0.15) is 36.8 Å². The lowest BCUT2D eigenvalue weighted by Gasteiger charge is -2.34. The molecule has 0 radical (unpaired) electrons. The van der Waals surface area contributed by atoms with Crippen molar-refractivity contribution in [2.24, 2.45) is 11.8 Å². The highest BCUT2D eigenvalue weighted by Gasteiger charge is 2.35. The summed E-state index contributed by atoms with van der Waals surface area (Å²) in [5.74, 6) is -0.228. The molecule has 4 bridgehead atoms. The highest BCUT2D eigenvalue weighted by molar-refractivity contribution is 5.98. The first kappa shape index (κ1) is 24.8. The Labute approximate surface area is 219 Å². The summed E-state index contributed by atoms with van der Waals surface area (Å²) in [5.41, 5.74) is 7.03. The van der Waals surface area contributed by atoms with Gasteiger partial charge in [-0.05, 0) is 77.8 Å². The molecule has 1 aliphatic carbocycles. The largest absolute Gasteiger partial charge is 0.466 e. The Morgan fingerprint density at radius 2 is 1.62 bits per heavy atom. The van der Waals surface area contributed by atoms with Crippen molar-refractivity contribution >= 4 is 29.3 Å². The van der Waals surface area contributed by atoms with Crippen LogP contribution in [0.5, 0.6) is 0 Å². The minimum atomic E-state index is -0.294. The summed E-state index contributed by atoms with van der Waals surface area (Å²) in [6.07, 6.45) is 5.32. The first-order valence-electron chi connectivity index (χ1n) is 13.0. The number of esters is 1. The Kier molecular flexibility index (Phi) is 7.13. The van der Waals surface area contributed by atoms with E-state index in [9.17, 15) is 9.59 Å². The summed E-state index contributed by atoms with van der Waals surface area (Å²) in [5, 5.41) is 0. The van der Waals surface area contributed by atoms with Gasteiger partial charge in [0.05, 0.1) is 13.7 Å². The van der Waals surface area contributed by atoms with Crippen LogP contribution in [0, 0.1) is 11.8 Å². The van der Waals surface area contributed by atoms with Crippen molar-refractivity contribution in [3.63, 3.8) is 0 Å². The fourth-order valence-corrected chi connectivity index (χ4v) is 5.57. The third-order valence-electron chi connectivity index (χ3n) is 7.67. The van der Waals surface area contributed by atoms with Crippen LogP contribution >= 0.6 is 0 Å². The SMILES string of the molecule is COC(=O)/C1=C/c2cccc(c2)N(Cc2ccc(-c3ccc(N(C)C)cc3)cc2)C(=O)C2CCCC1C2. The van der Waals surface area contributed by atoms with Crippen LogP contribution in [0.15, 0.2) is 78.4 Å². The molecule has 0 N–H and O–H groups in total. The average molecular weight is 495 g/mol. The topological polar surface area (TPSA) is 49.9 Å². The van der Waals surface area contributed by atoms with Gasteiger partial charge in [-0.2, -0.15) is 0 Å². The zero-order chi connectivity index (χ0) is 25.9. The smallest absolute Gasteiger partial charge is 0.334 e. The van der Waals surface area contributed by atoms with Crippen molar-refractivity contribution in [1.82, 2.24) is 0 Å². The molecule has 3 aromatic carbocycles. The van der Waals surface area contributed by atoms with Crippen molar-refractivity contribution in [3.8, 4) is 11.1 Å². The molecule has 2 unspecified atom stereocenters.